The number of carbonyl (C=O) groups excluding carboxylic acids is 1. The van der Waals surface area contributed by atoms with Gasteiger partial charge in [0.2, 0.25) is 0 Å². The zero-order chi connectivity index (χ0) is 16.8. The average molecular weight is 377 g/mol. The molecule has 0 aromatic heterocycles. The van der Waals surface area contributed by atoms with Crippen molar-refractivity contribution in [3.8, 4) is 11.5 Å². The largest absolute Gasteiger partial charge is 0.493 e. The second kappa shape index (κ2) is 9.97. The molecule has 1 amide bonds. The minimum absolute atomic E-state index is 0. The Hall–Kier alpha value is -1.17. The lowest BCUT2D eigenvalue weighted by Crippen LogP contribution is -2.39. The number of hydrogen-bond donors (Lipinski definition) is 2. The van der Waals surface area contributed by atoms with Gasteiger partial charge in [0, 0.05) is 11.6 Å². The van der Waals surface area contributed by atoms with E-state index in [0.29, 0.717) is 41.2 Å². The Kier molecular flexibility index (Phi) is 8.67. The number of rotatable bonds is 7. The smallest absolute Gasteiger partial charge is 0.251 e. The highest BCUT2D eigenvalue weighted by molar-refractivity contribution is 6.32. The quantitative estimate of drug-likeness (QED) is 0.764. The Morgan fingerprint density at radius 2 is 2.17 bits per heavy atom. The Bertz CT molecular complexity index is 555. The van der Waals surface area contributed by atoms with Crippen molar-refractivity contribution in [1.82, 2.24) is 5.32 Å². The van der Waals surface area contributed by atoms with Gasteiger partial charge in [-0.1, -0.05) is 24.9 Å². The van der Waals surface area contributed by atoms with Crippen LogP contribution in [-0.2, 0) is 0 Å². The first-order chi connectivity index (χ1) is 11.1. The van der Waals surface area contributed by atoms with E-state index in [9.17, 15) is 4.79 Å². The summed E-state index contributed by atoms with van der Waals surface area (Å²) in [6, 6.07) is 3.42. The predicted octanol–water partition coefficient (Wildman–Crippen LogP) is 3.42. The van der Waals surface area contributed by atoms with Gasteiger partial charge in [-0.2, -0.15) is 0 Å². The van der Waals surface area contributed by atoms with E-state index >= 15 is 0 Å². The van der Waals surface area contributed by atoms with Gasteiger partial charge in [-0.05, 0) is 43.9 Å². The van der Waals surface area contributed by atoms with E-state index in [1.165, 1.54) is 7.11 Å². The van der Waals surface area contributed by atoms with Gasteiger partial charge in [0.1, 0.15) is 0 Å². The van der Waals surface area contributed by atoms with Gasteiger partial charge in [0.25, 0.3) is 5.91 Å². The Labute approximate surface area is 154 Å². The molecule has 3 N–H and O–H groups in total. The van der Waals surface area contributed by atoms with Crippen molar-refractivity contribution >= 4 is 29.9 Å². The van der Waals surface area contributed by atoms with Gasteiger partial charge in [0.15, 0.2) is 11.5 Å². The first-order valence-corrected chi connectivity index (χ1v) is 8.49. The molecule has 1 saturated carbocycles. The van der Waals surface area contributed by atoms with Gasteiger partial charge in [-0.25, -0.2) is 0 Å². The van der Waals surface area contributed by atoms with Crippen LogP contribution in [0.15, 0.2) is 12.1 Å². The highest BCUT2D eigenvalue weighted by Gasteiger charge is 2.28. The molecule has 7 heteroatoms. The number of amides is 1. The van der Waals surface area contributed by atoms with Gasteiger partial charge in [0.05, 0.1) is 18.7 Å². The van der Waals surface area contributed by atoms with Crippen molar-refractivity contribution in [2.24, 2.45) is 11.7 Å². The molecule has 0 heterocycles. The highest BCUT2D eigenvalue weighted by atomic mass is 35.5. The molecule has 2 rings (SSSR count). The minimum atomic E-state index is -0.155. The molecular weight excluding hydrogens is 351 g/mol. The zero-order valence-corrected chi connectivity index (χ0v) is 15.7. The van der Waals surface area contributed by atoms with Crippen molar-refractivity contribution in [2.75, 3.05) is 20.3 Å². The van der Waals surface area contributed by atoms with Gasteiger partial charge >= 0.3 is 0 Å². The normalized spacial score (nSPS) is 19.5. The predicted molar refractivity (Wildman–Crippen MR) is 98.7 cm³/mol. The van der Waals surface area contributed by atoms with Crippen molar-refractivity contribution in [3.05, 3.63) is 22.7 Å². The Morgan fingerprint density at radius 1 is 1.42 bits per heavy atom. The van der Waals surface area contributed by atoms with Gasteiger partial charge < -0.3 is 20.5 Å². The summed E-state index contributed by atoms with van der Waals surface area (Å²) in [6.45, 7) is 3.15. The SMILES string of the molecule is CCCOc1c(Cl)cc(C(=O)NC2CCCC2CN)cc1OC.Cl. The molecule has 0 radical (unpaired) electrons. The summed E-state index contributed by atoms with van der Waals surface area (Å²) in [6.07, 6.45) is 4.00. The summed E-state index contributed by atoms with van der Waals surface area (Å²) >= 11 is 6.26. The van der Waals surface area contributed by atoms with E-state index in [-0.39, 0.29) is 24.4 Å². The lowest BCUT2D eigenvalue weighted by Gasteiger charge is -2.20. The van der Waals surface area contributed by atoms with Crippen LogP contribution in [0.3, 0.4) is 0 Å². The molecule has 1 aromatic rings. The van der Waals surface area contributed by atoms with Crippen molar-refractivity contribution < 1.29 is 14.3 Å². The average Bonchev–Trinajstić information content (AvgIpc) is 3.00. The van der Waals surface area contributed by atoms with Crippen LogP contribution in [-0.4, -0.2) is 32.2 Å². The molecule has 2 unspecified atom stereocenters. The second-order valence-electron chi connectivity index (χ2n) is 5.84. The number of ether oxygens (including phenoxy) is 2. The minimum Gasteiger partial charge on any atom is -0.493 e. The number of carbonyl (C=O) groups is 1. The maximum atomic E-state index is 12.5. The van der Waals surface area contributed by atoms with Crippen LogP contribution in [0.4, 0.5) is 0 Å². The van der Waals surface area contributed by atoms with E-state index in [2.05, 4.69) is 5.32 Å². The third kappa shape index (κ3) is 4.91. The number of nitrogens with one attached hydrogen (secondary N) is 1. The van der Waals surface area contributed by atoms with Crippen LogP contribution in [0.5, 0.6) is 11.5 Å². The third-order valence-electron chi connectivity index (χ3n) is 4.22. The molecule has 2 atom stereocenters. The van der Waals surface area contributed by atoms with Crippen LogP contribution >= 0.6 is 24.0 Å². The molecule has 0 bridgehead atoms. The zero-order valence-electron chi connectivity index (χ0n) is 14.1. The topological polar surface area (TPSA) is 73.6 Å². The standard InChI is InChI=1S/C17H25ClN2O3.ClH/c1-3-7-23-16-13(18)8-12(9-15(16)22-2)17(21)20-14-6-4-5-11(14)10-19;/h8-9,11,14H,3-7,10,19H2,1-2H3,(H,20,21);1H. The molecule has 1 aliphatic rings. The molecule has 1 aromatic carbocycles. The van der Waals surface area contributed by atoms with E-state index in [4.69, 9.17) is 26.8 Å². The van der Waals surface area contributed by atoms with Crippen LogP contribution in [0.25, 0.3) is 0 Å². The number of methoxy groups -OCH3 is 1. The molecule has 1 fully saturated rings. The summed E-state index contributed by atoms with van der Waals surface area (Å²) < 4.78 is 10.9. The van der Waals surface area contributed by atoms with Crippen molar-refractivity contribution in [3.63, 3.8) is 0 Å². The molecule has 136 valence electrons. The molecular formula is C17H26Cl2N2O3. The van der Waals surface area contributed by atoms with Crippen LogP contribution in [0.2, 0.25) is 5.02 Å². The Morgan fingerprint density at radius 3 is 2.79 bits per heavy atom. The monoisotopic (exact) mass is 376 g/mol. The van der Waals surface area contributed by atoms with Gasteiger partial charge in [-0.3, -0.25) is 4.79 Å². The summed E-state index contributed by atoms with van der Waals surface area (Å²) in [5.41, 5.74) is 6.24. The number of halogens is 2. The maximum absolute atomic E-state index is 12.5. The van der Waals surface area contributed by atoms with Crippen molar-refractivity contribution in [1.29, 1.82) is 0 Å². The first-order valence-electron chi connectivity index (χ1n) is 8.12. The molecule has 24 heavy (non-hydrogen) atoms. The highest BCUT2D eigenvalue weighted by Crippen LogP contribution is 2.36. The van der Waals surface area contributed by atoms with Gasteiger partial charge in [-0.15, -0.1) is 12.4 Å². The number of hydrogen-bond acceptors (Lipinski definition) is 4. The second-order valence-corrected chi connectivity index (χ2v) is 6.25. The lowest BCUT2D eigenvalue weighted by molar-refractivity contribution is 0.0928. The number of nitrogens with two attached hydrogens (primary N) is 1. The van der Waals surface area contributed by atoms with Crippen LogP contribution < -0.4 is 20.5 Å². The lowest BCUT2D eigenvalue weighted by atomic mass is 10.0. The van der Waals surface area contributed by atoms with Crippen LogP contribution in [0.1, 0.15) is 43.0 Å². The first kappa shape index (κ1) is 20.9. The third-order valence-corrected chi connectivity index (χ3v) is 4.50. The molecule has 5 nitrogen and oxygen atoms in total. The molecule has 0 saturated heterocycles. The maximum Gasteiger partial charge on any atom is 0.251 e. The molecule has 1 aliphatic carbocycles. The van der Waals surface area contributed by atoms with E-state index in [0.717, 1.165) is 25.7 Å². The fourth-order valence-corrected chi connectivity index (χ4v) is 3.22. The van der Waals surface area contributed by atoms with E-state index in [1.807, 2.05) is 6.92 Å². The summed E-state index contributed by atoms with van der Waals surface area (Å²) in [4.78, 5) is 12.5. The summed E-state index contributed by atoms with van der Waals surface area (Å²) in [7, 11) is 1.54. The summed E-state index contributed by atoms with van der Waals surface area (Å²) in [5.74, 6) is 1.15. The van der Waals surface area contributed by atoms with E-state index < -0.39 is 0 Å². The summed E-state index contributed by atoms with van der Waals surface area (Å²) in [5, 5.41) is 3.44. The van der Waals surface area contributed by atoms with E-state index in [1.54, 1.807) is 12.1 Å². The molecule has 0 spiro atoms. The fourth-order valence-electron chi connectivity index (χ4n) is 2.96. The molecule has 0 aliphatic heterocycles. The van der Waals surface area contributed by atoms with Crippen LogP contribution in [0, 0.1) is 5.92 Å². The number of benzene rings is 1. The Balaban J connectivity index is 0.00000288. The van der Waals surface area contributed by atoms with Crippen molar-refractivity contribution in [2.45, 2.75) is 38.6 Å². The fraction of sp³-hybridized carbons (Fsp3) is 0.588.